The number of thiazole rings is 1. The highest BCUT2D eigenvalue weighted by Gasteiger charge is 2.45. The lowest BCUT2D eigenvalue weighted by Crippen LogP contribution is -2.57. The van der Waals surface area contributed by atoms with Crippen molar-refractivity contribution >= 4 is 63.2 Å². The number of hydrogen-bond acceptors (Lipinski definition) is 14. The molecule has 0 aliphatic carbocycles. The maximum Gasteiger partial charge on any atom is 0.418 e. The molecule has 4 aliphatic heterocycles. The number of carbonyl (C=O) groups is 3. The number of amides is 3. The van der Waals surface area contributed by atoms with Gasteiger partial charge in [0.05, 0.1) is 50.1 Å². The lowest BCUT2D eigenvalue weighted by Gasteiger charge is -2.35. The van der Waals surface area contributed by atoms with Crippen LogP contribution < -0.4 is 31.3 Å². The lowest BCUT2D eigenvalue weighted by molar-refractivity contribution is -0.144. The number of halogens is 5. The molecule has 2 bridgehead atoms. The number of aromatic nitrogens is 4. The van der Waals surface area contributed by atoms with Crippen molar-refractivity contribution in [2.24, 2.45) is 5.41 Å². The molecule has 2 unspecified atom stereocenters. The summed E-state index contributed by atoms with van der Waals surface area (Å²) in [7, 11) is 0. The molecule has 7 atom stereocenters. The molecule has 7 heterocycles. The number of nitrogens with one attached hydrogen (secondary N) is 3. The fraction of sp³-hybridized carbons (Fsp3) is 0.545. The molecule has 414 valence electrons. The van der Waals surface area contributed by atoms with Crippen molar-refractivity contribution in [2.45, 2.75) is 148 Å². The largest absolute Gasteiger partial charge is 0.462 e. The fourth-order valence-corrected chi connectivity index (χ4v) is 12.6. The molecule has 0 saturated carbocycles. The Kier molecular flexibility index (Phi) is 16.7. The number of anilines is 2. The summed E-state index contributed by atoms with van der Waals surface area (Å²) in [5.74, 6) is -2.03. The van der Waals surface area contributed by atoms with Gasteiger partial charge in [-0.15, -0.1) is 11.3 Å². The van der Waals surface area contributed by atoms with Crippen molar-refractivity contribution < 1.29 is 41.8 Å². The van der Waals surface area contributed by atoms with Crippen molar-refractivity contribution in [3.63, 3.8) is 0 Å². The molecule has 6 N–H and O–H groups in total. The number of fused-ring (bicyclic) bond motifs is 3. The summed E-state index contributed by atoms with van der Waals surface area (Å²) in [6, 6.07) is 8.37. The normalized spacial score (nSPS) is 21.7. The minimum Gasteiger partial charge on any atom is -0.462 e. The lowest BCUT2D eigenvalue weighted by atomic mass is 9.85. The molecule has 4 saturated heterocycles. The van der Waals surface area contributed by atoms with E-state index in [4.69, 9.17) is 27.1 Å². The Labute approximate surface area is 454 Å². The van der Waals surface area contributed by atoms with Gasteiger partial charge < -0.3 is 41.3 Å². The molecule has 22 heteroatoms. The Bertz CT molecular complexity index is 2980. The van der Waals surface area contributed by atoms with Crippen LogP contribution in [0.25, 0.3) is 32.6 Å². The number of nitrogens with zero attached hydrogens (tertiary/aromatic N) is 7. The minimum absolute atomic E-state index is 0.0285. The topological polar surface area (TPSA) is 204 Å². The molecular weight excluding hydrogens is 1040 g/mol. The number of aliphatic hydroxyl groups excluding tert-OH is 1. The van der Waals surface area contributed by atoms with Crippen LogP contribution >= 0.6 is 22.9 Å². The van der Waals surface area contributed by atoms with Gasteiger partial charge >= 0.3 is 12.2 Å². The Morgan fingerprint density at radius 2 is 1.71 bits per heavy atom. The molecular formula is C55H68ClF4N11O5S. The number of β-amino-alcohol motifs (C(OH)–C–C–N with tert-alkyl or cyclic N) is 1. The van der Waals surface area contributed by atoms with Gasteiger partial charge in [-0.25, -0.2) is 14.4 Å². The number of benzene rings is 2. The molecule has 3 amide bonds. The van der Waals surface area contributed by atoms with Gasteiger partial charge in [0.1, 0.15) is 35.8 Å². The molecule has 4 fully saturated rings. The number of nitrogen functional groups attached to an aromatic ring is 1. The average Bonchev–Trinajstić information content (AvgIpc) is 4.26. The summed E-state index contributed by atoms with van der Waals surface area (Å²) < 4.78 is 66.8. The zero-order chi connectivity index (χ0) is 55.1. The Hall–Kier alpha value is -5.74. The summed E-state index contributed by atoms with van der Waals surface area (Å²) in [6.07, 6.45) is 0.184. The summed E-state index contributed by atoms with van der Waals surface area (Å²) >= 11 is 8.26. The van der Waals surface area contributed by atoms with Gasteiger partial charge in [-0.2, -0.15) is 23.1 Å². The molecule has 16 nitrogen and oxygen atoms in total. The van der Waals surface area contributed by atoms with Gasteiger partial charge in [-0.05, 0) is 107 Å². The summed E-state index contributed by atoms with van der Waals surface area (Å²) in [5, 5.41) is 20.3. The first kappa shape index (κ1) is 56.0. The quantitative estimate of drug-likeness (QED) is 0.0438. The van der Waals surface area contributed by atoms with Gasteiger partial charge in [0, 0.05) is 56.0 Å². The van der Waals surface area contributed by atoms with Gasteiger partial charge in [-0.1, -0.05) is 63.1 Å². The molecule has 9 rings (SSSR count). The number of hydrogen-bond donors (Lipinski definition) is 5. The van der Waals surface area contributed by atoms with Crippen molar-refractivity contribution in [3.05, 3.63) is 75.1 Å². The Balaban J connectivity index is 0.806. The van der Waals surface area contributed by atoms with Crippen LogP contribution in [0, 0.1) is 25.1 Å². The predicted molar refractivity (Wildman–Crippen MR) is 289 cm³/mol. The first-order chi connectivity index (χ1) is 36.5. The second-order valence-corrected chi connectivity index (χ2v) is 23.5. The summed E-state index contributed by atoms with van der Waals surface area (Å²) in [6.45, 7) is 13.5. The maximum absolute atomic E-state index is 17.0. The van der Waals surface area contributed by atoms with E-state index in [1.54, 1.807) is 11.3 Å². The van der Waals surface area contributed by atoms with Gasteiger partial charge in [0.2, 0.25) is 17.7 Å². The van der Waals surface area contributed by atoms with E-state index >= 15 is 4.39 Å². The number of unbranched alkanes of at least 4 members (excludes halogenated alkanes) is 2. The Morgan fingerprint density at radius 1 is 0.987 bits per heavy atom. The second-order valence-electron chi connectivity index (χ2n) is 22.2. The summed E-state index contributed by atoms with van der Waals surface area (Å²) in [5.41, 5.74) is 6.98. The number of rotatable bonds is 17. The Morgan fingerprint density at radius 3 is 2.39 bits per heavy atom. The standard InChI is InChI=1S/C55H68ClF4N11O5S/c1-29-21-41(61)65-47(44(29)55(58,59)60)43-39(56)23-38-46(45(43)57)67-53(68-50(38)70-24-34-17-18-35(25-70)64-34)76-27-36-11-10-20-69(36)19-9-7-8-12-42(73)66-49(54(4,5)6)52(75)71-26-37(72)22-40(71)51(74)63-30(2)32-13-15-33(16-14-32)48-31(3)62-28-77-48/h13-16,21,23,28,30,34-37,40,49,64,72H,7-12,17-20,22,24-27H2,1-6H3,(H2,61,65)(H,63,74)(H,66,73)/t30-,34?,35?,36-,37+,40-,49+/m0/s1. The van der Waals surface area contributed by atoms with E-state index in [0.29, 0.717) is 31.9 Å². The monoisotopic (exact) mass is 1110 g/mol. The van der Waals surface area contributed by atoms with E-state index < -0.39 is 58.3 Å². The molecule has 0 spiro atoms. The number of likely N-dealkylation sites (tertiary alicyclic amines) is 2. The number of piperazine rings is 1. The van der Waals surface area contributed by atoms with Gasteiger partial charge in [0.25, 0.3) is 0 Å². The highest BCUT2D eigenvalue weighted by molar-refractivity contribution is 7.13. The van der Waals surface area contributed by atoms with Crippen molar-refractivity contribution in [1.29, 1.82) is 0 Å². The second kappa shape index (κ2) is 22.9. The van der Waals surface area contributed by atoms with Crippen LogP contribution in [0.15, 0.2) is 41.9 Å². The van der Waals surface area contributed by atoms with Crippen molar-refractivity contribution in [2.75, 3.05) is 50.0 Å². The van der Waals surface area contributed by atoms with E-state index in [1.165, 1.54) is 17.9 Å². The number of alkyl halides is 3. The average molecular weight is 1110 g/mol. The van der Waals surface area contributed by atoms with Gasteiger partial charge in [-0.3, -0.25) is 19.3 Å². The number of carbonyl (C=O) groups excluding carboxylic acids is 3. The third-order valence-electron chi connectivity index (χ3n) is 15.4. The number of aliphatic hydroxyl groups is 1. The fourth-order valence-electron chi connectivity index (χ4n) is 11.5. The van der Waals surface area contributed by atoms with Crippen LogP contribution in [0.5, 0.6) is 6.01 Å². The van der Waals surface area contributed by atoms with E-state index in [-0.39, 0.29) is 95.3 Å². The zero-order valence-electron chi connectivity index (χ0n) is 44.3. The summed E-state index contributed by atoms with van der Waals surface area (Å²) in [4.78, 5) is 66.0. The van der Waals surface area contributed by atoms with Crippen molar-refractivity contribution in [3.8, 4) is 27.7 Å². The smallest absolute Gasteiger partial charge is 0.418 e. The highest BCUT2D eigenvalue weighted by Crippen LogP contribution is 2.45. The first-order valence-corrected chi connectivity index (χ1v) is 27.8. The molecule has 4 aliphatic rings. The van der Waals surface area contributed by atoms with E-state index in [1.807, 2.05) is 69.3 Å². The van der Waals surface area contributed by atoms with Crippen LogP contribution in [0.2, 0.25) is 5.02 Å². The highest BCUT2D eigenvalue weighted by atomic mass is 35.5. The first-order valence-electron chi connectivity index (χ1n) is 26.5. The van der Waals surface area contributed by atoms with E-state index in [0.717, 1.165) is 72.8 Å². The number of nitrogens with two attached hydrogens (primary N) is 1. The van der Waals surface area contributed by atoms with Crippen LogP contribution in [0.4, 0.5) is 29.2 Å². The van der Waals surface area contributed by atoms with Gasteiger partial charge in [0.15, 0.2) is 5.82 Å². The third-order valence-corrected chi connectivity index (χ3v) is 16.7. The molecule has 2 aromatic carbocycles. The molecule has 3 aromatic heterocycles. The van der Waals surface area contributed by atoms with Crippen LogP contribution in [-0.4, -0.2) is 128 Å². The number of ether oxygens (including phenoxy) is 1. The van der Waals surface area contributed by atoms with Crippen LogP contribution in [0.3, 0.4) is 0 Å². The predicted octanol–water partition coefficient (Wildman–Crippen LogP) is 8.54. The molecule has 5 aromatic rings. The van der Waals surface area contributed by atoms with E-state index in [9.17, 15) is 32.7 Å². The SMILES string of the molecule is Cc1cc(N)nc(-c2c(Cl)cc3c(N4CC5CCC(C4)N5)nc(OC[C@@H]4CCCN4CCCCCC(=O)N[C@H](C(=O)N4C[C@H](O)C[C@H]4C(=O)N[C@@H](C)c4ccc(-c5scnc5C)cc4)C(C)(C)C)nc3c2F)c1C(F)(F)F. The van der Waals surface area contributed by atoms with Crippen LogP contribution in [-0.2, 0) is 20.6 Å². The van der Waals surface area contributed by atoms with E-state index in [2.05, 4.69) is 35.8 Å². The molecule has 77 heavy (non-hydrogen) atoms. The zero-order valence-corrected chi connectivity index (χ0v) is 45.8. The maximum atomic E-state index is 17.0. The minimum atomic E-state index is -4.89. The van der Waals surface area contributed by atoms with Crippen molar-refractivity contribution in [1.82, 2.24) is 45.7 Å². The third kappa shape index (κ3) is 12.4. The number of pyridine rings is 1. The number of aryl methyl sites for hydroxylation is 2. The molecule has 0 radical (unpaired) electrons. The van der Waals surface area contributed by atoms with Crippen LogP contribution in [0.1, 0.15) is 114 Å².